The van der Waals surface area contributed by atoms with Gasteiger partial charge >= 0.3 is 0 Å². The molecule has 0 radical (unpaired) electrons. The Kier molecular flexibility index (Phi) is 5.13. The zero-order valence-corrected chi connectivity index (χ0v) is 21.3. The Morgan fingerprint density at radius 3 is 2.74 bits per heavy atom. The van der Waals surface area contributed by atoms with E-state index in [1.165, 1.54) is 29.1 Å². The number of fused-ring (bicyclic) bond motifs is 3. The van der Waals surface area contributed by atoms with Crippen molar-refractivity contribution in [3.63, 3.8) is 0 Å². The summed E-state index contributed by atoms with van der Waals surface area (Å²) < 4.78 is 17.7. The van der Waals surface area contributed by atoms with Crippen LogP contribution in [-0.2, 0) is 0 Å². The summed E-state index contributed by atoms with van der Waals surface area (Å²) in [6, 6.07) is 13.3. The van der Waals surface area contributed by atoms with Gasteiger partial charge in [-0.3, -0.25) is 4.79 Å². The molecule has 10 nitrogen and oxygen atoms in total. The standard InChI is InChI=1S/C26H16Cl2FN9O/c27-12-1-3-18(37-10-13(9-30)35-36-37)15(7-12)11-5-19-16-8-17(16)23(38(19)21(39)6-11)26-33-22(24(28)34-26)14-2-4-20(31)32-25(14)29/h1-7,10,16-17,23H,8H2,(H2,31,32)(H,33,34). The topological polar surface area (TPSA) is 144 Å². The summed E-state index contributed by atoms with van der Waals surface area (Å²) in [6.07, 6.45) is 2.38. The number of pyridine rings is 2. The number of hydrogen-bond acceptors (Lipinski definition) is 7. The number of aromatic amines is 1. The first kappa shape index (κ1) is 23.6. The highest BCUT2D eigenvalue weighted by atomic mass is 35.5. The van der Waals surface area contributed by atoms with Crippen LogP contribution in [0.15, 0.2) is 53.5 Å². The van der Waals surface area contributed by atoms with E-state index in [1.54, 1.807) is 22.8 Å². The first-order valence-corrected chi connectivity index (χ1v) is 12.6. The first-order chi connectivity index (χ1) is 18.8. The van der Waals surface area contributed by atoms with Crippen molar-refractivity contribution in [2.45, 2.75) is 18.4 Å². The predicted octanol–water partition coefficient (Wildman–Crippen LogP) is 4.49. The van der Waals surface area contributed by atoms with Crippen molar-refractivity contribution < 1.29 is 4.39 Å². The summed E-state index contributed by atoms with van der Waals surface area (Å²) in [4.78, 5) is 24.9. The zero-order chi connectivity index (χ0) is 27.0. The lowest BCUT2D eigenvalue weighted by atomic mass is 10.0. The largest absolute Gasteiger partial charge is 0.384 e. The zero-order valence-electron chi connectivity index (χ0n) is 19.8. The molecular weight excluding hydrogens is 544 g/mol. The lowest BCUT2D eigenvalue weighted by Crippen LogP contribution is -2.26. The monoisotopic (exact) mass is 559 g/mol. The van der Waals surface area contributed by atoms with Crippen molar-refractivity contribution in [3.8, 4) is 34.1 Å². The predicted molar refractivity (Wildman–Crippen MR) is 141 cm³/mol. The van der Waals surface area contributed by atoms with E-state index in [1.807, 2.05) is 12.1 Å². The van der Waals surface area contributed by atoms with E-state index in [4.69, 9.17) is 34.2 Å². The normalized spacial score (nSPS) is 19.0. The molecule has 0 spiro atoms. The molecule has 4 aromatic heterocycles. The third kappa shape index (κ3) is 3.71. The van der Waals surface area contributed by atoms with E-state index in [0.717, 1.165) is 12.1 Å². The van der Waals surface area contributed by atoms with Crippen LogP contribution in [0.5, 0.6) is 0 Å². The van der Waals surface area contributed by atoms with Crippen LogP contribution in [0.1, 0.15) is 35.6 Å². The molecule has 0 saturated heterocycles. The fourth-order valence-electron chi connectivity index (χ4n) is 5.44. The number of H-pyrrole nitrogens is 1. The van der Waals surface area contributed by atoms with Gasteiger partial charge in [-0.2, -0.15) is 9.65 Å². The number of nitrogens with two attached hydrogens (primary N) is 1. The van der Waals surface area contributed by atoms with E-state index in [2.05, 4.69) is 25.3 Å². The summed E-state index contributed by atoms with van der Waals surface area (Å²) in [6.45, 7) is 0. The van der Waals surface area contributed by atoms with Gasteiger partial charge < -0.3 is 15.3 Å². The van der Waals surface area contributed by atoms with Gasteiger partial charge in [0, 0.05) is 28.3 Å². The highest BCUT2D eigenvalue weighted by Crippen LogP contribution is 2.60. The summed E-state index contributed by atoms with van der Waals surface area (Å²) in [7, 11) is 0. The van der Waals surface area contributed by atoms with E-state index in [0.29, 0.717) is 27.7 Å². The molecule has 39 heavy (non-hydrogen) atoms. The van der Waals surface area contributed by atoms with Crippen molar-refractivity contribution in [2.75, 3.05) is 5.73 Å². The maximum atomic E-state index is 14.5. The second-order valence-corrected chi connectivity index (χ2v) is 10.3. The molecule has 7 rings (SSSR count). The molecule has 5 aromatic rings. The molecule has 0 bridgehead atoms. The highest BCUT2D eigenvalue weighted by molar-refractivity contribution is 6.32. The third-order valence-electron chi connectivity index (χ3n) is 7.21. The molecule has 3 unspecified atom stereocenters. The van der Waals surface area contributed by atoms with Crippen LogP contribution in [0, 0.1) is 23.2 Å². The Balaban J connectivity index is 1.32. The van der Waals surface area contributed by atoms with Crippen LogP contribution in [0.2, 0.25) is 10.2 Å². The summed E-state index contributed by atoms with van der Waals surface area (Å²) in [5, 5.41) is 17.7. The number of nitrogen functional groups attached to an aromatic ring is 1. The average Bonchev–Trinajstić information content (AvgIpc) is 3.22. The molecule has 2 aliphatic rings. The molecule has 1 aromatic carbocycles. The van der Waals surface area contributed by atoms with Crippen molar-refractivity contribution in [1.29, 1.82) is 5.26 Å². The van der Waals surface area contributed by atoms with Gasteiger partial charge in [0.05, 0.1) is 23.5 Å². The lowest BCUT2D eigenvalue weighted by molar-refractivity contribution is 0.514. The number of nitriles is 1. The molecule has 3 N–H and O–H groups in total. The Labute approximate surface area is 229 Å². The van der Waals surface area contributed by atoms with Crippen molar-refractivity contribution in [3.05, 3.63) is 92.4 Å². The van der Waals surface area contributed by atoms with Gasteiger partial charge in [0.2, 0.25) is 5.95 Å². The lowest BCUT2D eigenvalue weighted by Gasteiger charge is -2.18. The number of nitrogens with one attached hydrogen (secondary N) is 1. The number of imidazole rings is 1. The van der Waals surface area contributed by atoms with Gasteiger partial charge in [-0.05, 0) is 54.3 Å². The Hall–Kier alpha value is -4.53. The fraction of sp³-hybridized carbons (Fsp3) is 0.154. The van der Waals surface area contributed by atoms with Crippen LogP contribution in [0.3, 0.4) is 0 Å². The quantitative estimate of drug-likeness (QED) is 0.308. The van der Waals surface area contributed by atoms with E-state index in [-0.39, 0.29) is 51.4 Å². The minimum absolute atomic E-state index is 0.0493. The SMILES string of the molecule is N#Cc1cn(-c2ccc(Cl)cc2-c2cc3n(c(=O)c2)C(c2nc(-c4ccc(N)nc4F)c(Cl)[nH]2)C2CC32)nn1. The summed E-state index contributed by atoms with van der Waals surface area (Å²) >= 11 is 12.8. The van der Waals surface area contributed by atoms with E-state index in [9.17, 15) is 9.18 Å². The fourth-order valence-corrected chi connectivity index (χ4v) is 5.86. The maximum absolute atomic E-state index is 14.5. The molecule has 3 atom stereocenters. The molecule has 0 amide bonds. The highest BCUT2D eigenvalue weighted by Gasteiger charge is 2.54. The second kappa shape index (κ2) is 8.49. The number of benzene rings is 1. The number of halogens is 3. The molecular formula is C26H16Cl2FN9O. The van der Waals surface area contributed by atoms with Crippen molar-refractivity contribution in [2.24, 2.45) is 5.92 Å². The van der Waals surface area contributed by atoms with E-state index >= 15 is 0 Å². The molecule has 1 fully saturated rings. The molecule has 1 aliphatic carbocycles. The first-order valence-electron chi connectivity index (χ1n) is 11.9. The third-order valence-corrected chi connectivity index (χ3v) is 7.72. The molecule has 5 heterocycles. The summed E-state index contributed by atoms with van der Waals surface area (Å²) in [5.41, 5.74) is 8.67. The van der Waals surface area contributed by atoms with Crippen LogP contribution in [-0.4, -0.2) is 34.5 Å². The maximum Gasteiger partial charge on any atom is 0.252 e. The number of nitrogens with zero attached hydrogens (tertiary/aromatic N) is 7. The van der Waals surface area contributed by atoms with Crippen molar-refractivity contribution >= 4 is 29.0 Å². The van der Waals surface area contributed by atoms with Gasteiger partial charge in [-0.1, -0.05) is 28.4 Å². The molecule has 1 saturated carbocycles. The molecule has 13 heteroatoms. The number of aromatic nitrogens is 7. The summed E-state index contributed by atoms with van der Waals surface area (Å²) in [5.74, 6) is 0.0453. The van der Waals surface area contributed by atoms with E-state index < -0.39 is 5.95 Å². The van der Waals surface area contributed by atoms with Crippen LogP contribution in [0.4, 0.5) is 10.2 Å². The van der Waals surface area contributed by atoms with Gasteiger partial charge in [0.15, 0.2) is 5.69 Å². The number of anilines is 1. The number of rotatable bonds is 4. The van der Waals surface area contributed by atoms with Gasteiger partial charge in [-0.15, -0.1) is 5.10 Å². The van der Waals surface area contributed by atoms with Gasteiger partial charge in [-0.25, -0.2) is 14.6 Å². The van der Waals surface area contributed by atoms with Crippen molar-refractivity contribution in [1.82, 2.24) is 34.5 Å². The van der Waals surface area contributed by atoms with Gasteiger partial charge in [0.1, 0.15) is 28.6 Å². The molecule has 192 valence electrons. The smallest absolute Gasteiger partial charge is 0.252 e. The van der Waals surface area contributed by atoms with Crippen LogP contribution < -0.4 is 11.3 Å². The van der Waals surface area contributed by atoms with Gasteiger partial charge in [0.25, 0.3) is 5.56 Å². The second-order valence-electron chi connectivity index (χ2n) is 9.51. The van der Waals surface area contributed by atoms with Crippen LogP contribution >= 0.6 is 23.2 Å². The minimum atomic E-state index is -0.778. The average molecular weight is 560 g/mol. The Morgan fingerprint density at radius 1 is 1.13 bits per heavy atom. The van der Waals surface area contributed by atoms with Crippen LogP contribution in [0.25, 0.3) is 28.1 Å². The minimum Gasteiger partial charge on any atom is -0.384 e. The molecule has 1 aliphatic heterocycles. The number of hydrogen-bond donors (Lipinski definition) is 2. The Bertz CT molecular complexity index is 1920. The Morgan fingerprint density at radius 2 is 1.97 bits per heavy atom.